The Hall–Kier alpha value is -1.59. The summed E-state index contributed by atoms with van der Waals surface area (Å²) in [6.07, 6.45) is 0. The molecule has 1 aromatic rings. The molecule has 0 radical (unpaired) electrons. The number of nitrogens with zero attached hydrogens (tertiary/aromatic N) is 1. The van der Waals surface area contributed by atoms with Crippen molar-refractivity contribution in [2.24, 2.45) is 5.92 Å². The van der Waals surface area contributed by atoms with Gasteiger partial charge in [0.1, 0.15) is 12.4 Å². The number of carbonyl (C=O) groups is 1. The molecule has 116 valence electrons. The minimum absolute atomic E-state index is 0.0615. The van der Waals surface area contributed by atoms with Crippen molar-refractivity contribution in [2.45, 2.75) is 19.9 Å². The Bertz CT molecular complexity index is 477. The van der Waals surface area contributed by atoms with Crippen LogP contribution in [0.1, 0.15) is 12.5 Å². The number of rotatable bonds is 7. The fourth-order valence-corrected chi connectivity index (χ4v) is 2.68. The fourth-order valence-electron chi connectivity index (χ4n) is 2.68. The van der Waals surface area contributed by atoms with E-state index < -0.39 is 11.9 Å². The number of benzene rings is 1. The van der Waals surface area contributed by atoms with Crippen LogP contribution in [0.25, 0.3) is 0 Å². The molecule has 0 aliphatic carbocycles. The van der Waals surface area contributed by atoms with Gasteiger partial charge < -0.3 is 14.6 Å². The van der Waals surface area contributed by atoms with Crippen molar-refractivity contribution < 1.29 is 19.4 Å². The molecule has 2 rings (SSSR count). The second-order valence-corrected chi connectivity index (χ2v) is 5.34. The van der Waals surface area contributed by atoms with Crippen molar-refractivity contribution in [2.75, 3.05) is 32.9 Å². The molecular weight excluding hydrogens is 270 g/mol. The summed E-state index contributed by atoms with van der Waals surface area (Å²) in [5, 5.41) is 9.22. The molecule has 0 spiro atoms. The van der Waals surface area contributed by atoms with Gasteiger partial charge in [-0.1, -0.05) is 19.1 Å². The van der Waals surface area contributed by atoms with Crippen molar-refractivity contribution in [3.8, 4) is 5.75 Å². The lowest BCUT2D eigenvalue weighted by atomic mass is 10.0. The smallest absolute Gasteiger partial charge is 0.310 e. The van der Waals surface area contributed by atoms with Crippen molar-refractivity contribution in [3.05, 3.63) is 29.8 Å². The van der Waals surface area contributed by atoms with E-state index >= 15 is 0 Å². The molecule has 0 aromatic heterocycles. The Balaban J connectivity index is 1.86. The van der Waals surface area contributed by atoms with Gasteiger partial charge in [0.25, 0.3) is 0 Å². The summed E-state index contributed by atoms with van der Waals surface area (Å²) in [5.41, 5.74) is 1.16. The van der Waals surface area contributed by atoms with Gasteiger partial charge in [-0.3, -0.25) is 9.69 Å². The molecule has 5 nitrogen and oxygen atoms in total. The number of likely N-dealkylation sites (N-methyl/N-ethyl adjacent to an activating group) is 1. The van der Waals surface area contributed by atoms with Crippen LogP contribution in [-0.2, 0) is 9.53 Å². The highest BCUT2D eigenvalue weighted by Crippen LogP contribution is 2.20. The highest BCUT2D eigenvalue weighted by atomic mass is 16.5. The maximum atomic E-state index is 11.2. The SMILES string of the molecule is CCN(CCOc1cccc(C)c1)C1COCC1C(=O)O. The molecule has 1 saturated heterocycles. The molecule has 1 aromatic carbocycles. The van der Waals surface area contributed by atoms with Crippen LogP contribution in [0.3, 0.4) is 0 Å². The van der Waals surface area contributed by atoms with Gasteiger partial charge in [0.05, 0.1) is 19.1 Å². The zero-order valence-corrected chi connectivity index (χ0v) is 12.6. The topological polar surface area (TPSA) is 59.0 Å². The van der Waals surface area contributed by atoms with Crippen molar-refractivity contribution in [1.29, 1.82) is 0 Å². The van der Waals surface area contributed by atoms with Gasteiger partial charge in [0, 0.05) is 12.6 Å². The summed E-state index contributed by atoms with van der Waals surface area (Å²) in [6.45, 7) is 6.87. The van der Waals surface area contributed by atoms with E-state index in [9.17, 15) is 9.90 Å². The van der Waals surface area contributed by atoms with E-state index in [1.54, 1.807) is 0 Å². The average Bonchev–Trinajstić information content (AvgIpc) is 2.93. The van der Waals surface area contributed by atoms with E-state index in [2.05, 4.69) is 4.90 Å². The number of carboxylic acid groups (broad SMARTS) is 1. The monoisotopic (exact) mass is 293 g/mol. The van der Waals surface area contributed by atoms with Crippen LogP contribution in [-0.4, -0.2) is 54.9 Å². The number of aryl methyl sites for hydroxylation is 1. The molecule has 2 unspecified atom stereocenters. The number of hydrogen-bond acceptors (Lipinski definition) is 4. The minimum Gasteiger partial charge on any atom is -0.492 e. The number of carboxylic acids is 1. The lowest BCUT2D eigenvalue weighted by molar-refractivity contribution is -0.143. The number of aliphatic carboxylic acids is 1. The predicted octanol–water partition coefficient (Wildman–Crippen LogP) is 1.80. The van der Waals surface area contributed by atoms with Gasteiger partial charge >= 0.3 is 5.97 Å². The van der Waals surface area contributed by atoms with E-state index in [1.165, 1.54) is 0 Å². The highest BCUT2D eigenvalue weighted by molar-refractivity contribution is 5.71. The van der Waals surface area contributed by atoms with Crippen LogP contribution >= 0.6 is 0 Å². The number of hydrogen-bond donors (Lipinski definition) is 1. The van der Waals surface area contributed by atoms with Crippen molar-refractivity contribution >= 4 is 5.97 Å². The van der Waals surface area contributed by atoms with E-state index in [-0.39, 0.29) is 6.04 Å². The molecule has 1 aliphatic heterocycles. The molecule has 2 atom stereocenters. The van der Waals surface area contributed by atoms with Gasteiger partial charge in [0.15, 0.2) is 0 Å². The second-order valence-electron chi connectivity index (χ2n) is 5.34. The van der Waals surface area contributed by atoms with Crippen LogP contribution in [0.4, 0.5) is 0 Å². The maximum absolute atomic E-state index is 11.2. The third kappa shape index (κ3) is 4.19. The van der Waals surface area contributed by atoms with Crippen LogP contribution in [0, 0.1) is 12.8 Å². The van der Waals surface area contributed by atoms with Gasteiger partial charge in [0.2, 0.25) is 0 Å². The molecule has 0 bridgehead atoms. The summed E-state index contributed by atoms with van der Waals surface area (Å²) in [4.78, 5) is 13.4. The average molecular weight is 293 g/mol. The molecule has 1 heterocycles. The molecule has 5 heteroatoms. The van der Waals surface area contributed by atoms with E-state index in [1.807, 2.05) is 38.1 Å². The zero-order chi connectivity index (χ0) is 15.2. The first-order chi connectivity index (χ1) is 10.1. The Morgan fingerprint density at radius 3 is 2.95 bits per heavy atom. The molecule has 0 saturated carbocycles. The van der Waals surface area contributed by atoms with Crippen LogP contribution in [0.15, 0.2) is 24.3 Å². The first kappa shape index (κ1) is 15.8. The van der Waals surface area contributed by atoms with Crippen molar-refractivity contribution in [3.63, 3.8) is 0 Å². The summed E-state index contributed by atoms with van der Waals surface area (Å²) in [6, 6.07) is 7.86. The molecule has 0 amide bonds. The van der Waals surface area contributed by atoms with E-state index in [0.29, 0.717) is 26.4 Å². The maximum Gasteiger partial charge on any atom is 0.310 e. The van der Waals surface area contributed by atoms with Crippen molar-refractivity contribution in [1.82, 2.24) is 4.90 Å². The van der Waals surface area contributed by atoms with Gasteiger partial charge in [-0.25, -0.2) is 0 Å². The second kappa shape index (κ2) is 7.43. The van der Waals surface area contributed by atoms with E-state index in [0.717, 1.165) is 17.9 Å². The lowest BCUT2D eigenvalue weighted by Crippen LogP contribution is -2.44. The number of ether oxygens (including phenoxy) is 2. The van der Waals surface area contributed by atoms with Crippen LogP contribution in [0.5, 0.6) is 5.75 Å². The largest absolute Gasteiger partial charge is 0.492 e. The first-order valence-corrected chi connectivity index (χ1v) is 7.36. The quantitative estimate of drug-likeness (QED) is 0.830. The van der Waals surface area contributed by atoms with E-state index in [4.69, 9.17) is 9.47 Å². The van der Waals surface area contributed by atoms with Crippen LogP contribution < -0.4 is 4.74 Å². The van der Waals surface area contributed by atoms with Gasteiger partial charge in [-0.2, -0.15) is 0 Å². The minimum atomic E-state index is -0.782. The molecule has 21 heavy (non-hydrogen) atoms. The third-order valence-corrected chi connectivity index (χ3v) is 3.88. The van der Waals surface area contributed by atoms with Gasteiger partial charge in [-0.05, 0) is 31.2 Å². The fraction of sp³-hybridized carbons (Fsp3) is 0.562. The first-order valence-electron chi connectivity index (χ1n) is 7.36. The molecule has 1 aliphatic rings. The summed E-state index contributed by atoms with van der Waals surface area (Å²) in [7, 11) is 0. The Kier molecular flexibility index (Phi) is 5.59. The standard InChI is InChI=1S/C16H23NO4/c1-3-17(15-11-20-10-14(15)16(18)19)7-8-21-13-6-4-5-12(2)9-13/h4-6,9,14-15H,3,7-8,10-11H2,1-2H3,(H,18,19). The molecular formula is C16H23NO4. The van der Waals surface area contributed by atoms with Gasteiger partial charge in [-0.15, -0.1) is 0 Å². The lowest BCUT2D eigenvalue weighted by Gasteiger charge is -2.28. The van der Waals surface area contributed by atoms with Crippen LogP contribution in [0.2, 0.25) is 0 Å². The highest BCUT2D eigenvalue weighted by Gasteiger charge is 2.37. The predicted molar refractivity (Wildman–Crippen MR) is 79.7 cm³/mol. The summed E-state index contributed by atoms with van der Waals surface area (Å²) in [5.74, 6) is -0.372. The summed E-state index contributed by atoms with van der Waals surface area (Å²) >= 11 is 0. The summed E-state index contributed by atoms with van der Waals surface area (Å²) < 4.78 is 11.1. The Morgan fingerprint density at radius 1 is 1.48 bits per heavy atom. The normalized spacial score (nSPS) is 21.7. The molecule has 1 fully saturated rings. The Morgan fingerprint density at radius 2 is 2.29 bits per heavy atom. The molecule has 1 N–H and O–H groups in total. The third-order valence-electron chi connectivity index (χ3n) is 3.88. The zero-order valence-electron chi connectivity index (χ0n) is 12.6. The Labute approximate surface area is 125 Å².